The van der Waals surface area contributed by atoms with E-state index in [2.05, 4.69) is 27.5 Å². The van der Waals surface area contributed by atoms with Gasteiger partial charge in [0.15, 0.2) is 0 Å². The fourth-order valence-corrected chi connectivity index (χ4v) is 3.69. The third kappa shape index (κ3) is 3.89. The molecule has 3 aromatic heterocycles. The van der Waals surface area contributed by atoms with Crippen LogP contribution in [0.3, 0.4) is 0 Å². The molecule has 0 fully saturated rings. The van der Waals surface area contributed by atoms with E-state index in [4.69, 9.17) is 4.42 Å². The zero-order chi connectivity index (χ0) is 19.3. The van der Waals surface area contributed by atoms with Crippen LogP contribution in [0.4, 0.5) is 0 Å². The number of oxazole rings is 1. The van der Waals surface area contributed by atoms with E-state index in [0.29, 0.717) is 30.2 Å². The summed E-state index contributed by atoms with van der Waals surface area (Å²) in [6.45, 7) is 2.98. The molecule has 0 aliphatic rings. The van der Waals surface area contributed by atoms with E-state index in [1.54, 1.807) is 23.8 Å². The number of thiophene rings is 1. The Morgan fingerprint density at radius 1 is 1.21 bits per heavy atom. The molecular formula is C21H20N4O2S. The van der Waals surface area contributed by atoms with E-state index in [-0.39, 0.29) is 5.91 Å². The molecule has 0 atom stereocenters. The maximum atomic E-state index is 12.7. The van der Waals surface area contributed by atoms with Crippen molar-refractivity contribution in [2.24, 2.45) is 0 Å². The van der Waals surface area contributed by atoms with Crippen LogP contribution in [0.25, 0.3) is 10.8 Å². The lowest BCUT2D eigenvalue weighted by Gasteiger charge is -2.08. The molecule has 0 spiro atoms. The average Bonchev–Trinajstić information content (AvgIpc) is 3.47. The van der Waals surface area contributed by atoms with Crippen LogP contribution >= 0.6 is 11.3 Å². The van der Waals surface area contributed by atoms with E-state index in [9.17, 15) is 4.79 Å². The molecule has 4 aromatic rings. The van der Waals surface area contributed by atoms with Crippen molar-refractivity contribution in [3.63, 3.8) is 0 Å². The molecule has 0 bridgehead atoms. The number of rotatable bonds is 7. The van der Waals surface area contributed by atoms with Crippen molar-refractivity contribution in [3.05, 3.63) is 82.8 Å². The van der Waals surface area contributed by atoms with Crippen molar-refractivity contribution < 1.29 is 9.21 Å². The van der Waals surface area contributed by atoms with Gasteiger partial charge in [0, 0.05) is 0 Å². The Morgan fingerprint density at radius 3 is 2.82 bits per heavy atom. The molecule has 1 N–H and O–H groups in total. The van der Waals surface area contributed by atoms with Gasteiger partial charge in [0.2, 0.25) is 5.89 Å². The molecule has 0 radical (unpaired) electrons. The Morgan fingerprint density at radius 2 is 2.07 bits per heavy atom. The maximum Gasteiger partial charge on any atom is 0.255 e. The molecule has 1 amide bonds. The minimum Gasteiger partial charge on any atom is -0.443 e. The predicted octanol–water partition coefficient (Wildman–Crippen LogP) is 4.14. The summed E-state index contributed by atoms with van der Waals surface area (Å²) in [5.41, 5.74) is 3.35. The van der Waals surface area contributed by atoms with Gasteiger partial charge in [0.05, 0.1) is 41.1 Å². The van der Waals surface area contributed by atoms with Gasteiger partial charge in [-0.3, -0.25) is 9.48 Å². The number of hydrogen-bond acceptors (Lipinski definition) is 5. The number of amides is 1. The van der Waals surface area contributed by atoms with Gasteiger partial charge >= 0.3 is 0 Å². The zero-order valence-corrected chi connectivity index (χ0v) is 16.3. The smallest absolute Gasteiger partial charge is 0.255 e. The first-order valence-corrected chi connectivity index (χ1v) is 9.97. The number of carbonyl (C=O) groups is 1. The van der Waals surface area contributed by atoms with E-state index < -0.39 is 0 Å². The molecule has 0 aliphatic carbocycles. The van der Waals surface area contributed by atoms with Crippen molar-refractivity contribution in [2.45, 2.75) is 26.4 Å². The monoisotopic (exact) mass is 392 g/mol. The van der Waals surface area contributed by atoms with Crippen LogP contribution in [0.5, 0.6) is 0 Å². The fourth-order valence-electron chi connectivity index (χ4n) is 3.03. The van der Waals surface area contributed by atoms with Crippen LogP contribution in [0, 0.1) is 0 Å². The summed E-state index contributed by atoms with van der Waals surface area (Å²) >= 11 is 1.56. The zero-order valence-electron chi connectivity index (χ0n) is 15.5. The van der Waals surface area contributed by atoms with Crippen LogP contribution in [0.15, 0.2) is 64.7 Å². The summed E-state index contributed by atoms with van der Waals surface area (Å²) in [4.78, 5) is 18.1. The number of benzene rings is 1. The third-order valence-electron chi connectivity index (χ3n) is 4.42. The SMILES string of the molecule is CCc1c(C(=O)NCc2coc(-c3cccs3)n2)cnn1Cc1ccccc1. The van der Waals surface area contributed by atoms with Gasteiger partial charge in [-0.05, 0) is 23.4 Å². The molecule has 0 aliphatic heterocycles. The van der Waals surface area contributed by atoms with Crippen molar-refractivity contribution in [3.8, 4) is 10.8 Å². The van der Waals surface area contributed by atoms with Gasteiger partial charge in [-0.25, -0.2) is 4.98 Å². The summed E-state index contributed by atoms with van der Waals surface area (Å²) in [5, 5.41) is 9.31. The normalized spacial score (nSPS) is 10.9. The van der Waals surface area contributed by atoms with Crippen molar-refractivity contribution in [1.82, 2.24) is 20.1 Å². The number of nitrogens with one attached hydrogen (secondary N) is 1. The Labute approximate surface area is 166 Å². The summed E-state index contributed by atoms with van der Waals surface area (Å²) in [5.74, 6) is 0.418. The number of aromatic nitrogens is 3. The first kappa shape index (κ1) is 18.2. The summed E-state index contributed by atoms with van der Waals surface area (Å²) in [7, 11) is 0. The lowest BCUT2D eigenvalue weighted by molar-refractivity contribution is 0.0949. The highest BCUT2D eigenvalue weighted by Gasteiger charge is 2.17. The molecule has 4 rings (SSSR count). The van der Waals surface area contributed by atoms with Crippen molar-refractivity contribution in [2.75, 3.05) is 0 Å². The molecule has 0 saturated heterocycles. The maximum absolute atomic E-state index is 12.7. The average molecular weight is 392 g/mol. The van der Waals surface area contributed by atoms with Gasteiger partial charge < -0.3 is 9.73 Å². The number of hydrogen-bond donors (Lipinski definition) is 1. The standard InChI is InChI=1S/C21H20N4O2S/c1-2-18-17(12-23-25(18)13-15-7-4-3-5-8-15)20(26)22-11-16-14-27-21(24-16)19-9-6-10-28-19/h3-10,12,14H,2,11,13H2,1H3,(H,22,26). The number of carbonyl (C=O) groups excluding carboxylic acids is 1. The van der Waals surface area contributed by atoms with Gasteiger partial charge in [0.1, 0.15) is 6.26 Å². The Bertz CT molecular complexity index is 1050. The second-order valence-corrected chi connectivity index (χ2v) is 7.25. The predicted molar refractivity (Wildman–Crippen MR) is 108 cm³/mol. The quantitative estimate of drug-likeness (QED) is 0.513. The highest BCUT2D eigenvalue weighted by atomic mass is 32.1. The minimum atomic E-state index is -0.156. The second-order valence-electron chi connectivity index (χ2n) is 6.31. The van der Waals surface area contributed by atoms with E-state index in [0.717, 1.165) is 22.6 Å². The molecule has 6 nitrogen and oxygen atoms in total. The molecule has 7 heteroatoms. The second kappa shape index (κ2) is 8.22. The highest BCUT2D eigenvalue weighted by Crippen LogP contribution is 2.23. The molecule has 3 heterocycles. The molecule has 0 saturated carbocycles. The van der Waals surface area contributed by atoms with Crippen molar-refractivity contribution in [1.29, 1.82) is 0 Å². The van der Waals surface area contributed by atoms with Crippen LogP contribution in [-0.2, 0) is 19.5 Å². The van der Waals surface area contributed by atoms with Gasteiger partial charge in [0.25, 0.3) is 5.91 Å². The summed E-state index contributed by atoms with van der Waals surface area (Å²) in [6, 6.07) is 14.0. The Balaban J connectivity index is 1.43. The Hall–Kier alpha value is -3.19. The summed E-state index contributed by atoms with van der Waals surface area (Å²) in [6.07, 6.45) is 3.94. The van der Waals surface area contributed by atoms with Gasteiger partial charge in [-0.15, -0.1) is 11.3 Å². The Kier molecular flexibility index (Phi) is 5.34. The van der Waals surface area contributed by atoms with Crippen molar-refractivity contribution >= 4 is 17.2 Å². The lowest BCUT2D eigenvalue weighted by atomic mass is 10.1. The van der Waals surface area contributed by atoms with Crippen LogP contribution in [-0.4, -0.2) is 20.7 Å². The van der Waals surface area contributed by atoms with Crippen LogP contribution in [0.1, 0.15) is 34.2 Å². The van der Waals surface area contributed by atoms with E-state index >= 15 is 0 Å². The fraction of sp³-hybridized carbons (Fsp3) is 0.190. The summed E-state index contributed by atoms with van der Waals surface area (Å²) < 4.78 is 7.38. The van der Waals surface area contributed by atoms with Gasteiger partial charge in [-0.1, -0.05) is 43.3 Å². The molecule has 28 heavy (non-hydrogen) atoms. The molecular weight excluding hydrogens is 372 g/mol. The van der Waals surface area contributed by atoms with Gasteiger partial charge in [-0.2, -0.15) is 5.10 Å². The van der Waals surface area contributed by atoms with Crippen LogP contribution < -0.4 is 5.32 Å². The first-order chi connectivity index (χ1) is 13.7. The number of nitrogens with zero attached hydrogens (tertiary/aromatic N) is 3. The molecule has 142 valence electrons. The topological polar surface area (TPSA) is 73.0 Å². The minimum absolute atomic E-state index is 0.156. The molecule has 0 unspecified atom stereocenters. The molecule has 1 aromatic carbocycles. The highest BCUT2D eigenvalue weighted by molar-refractivity contribution is 7.13. The van der Waals surface area contributed by atoms with E-state index in [1.165, 1.54) is 0 Å². The van der Waals surface area contributed by atoms with Crippen LogP contribution in [0.2, 0.25) is 0 Å². The lowest BCUT2D eigenvalue weighted by Crippen LogP contribution is -2.24. The largest absolute Gasteiger partial charge is 0.443 e. The first-order valence-electron chi connectivity index (χ1n) is 9.09. The van der Waals surface area contributed by atoms with E-state index in [1.807, 2.05) is 47.3 Å². The third-order valence-corrected chi connectivity index (χ3v) is 5.28.